The van der Waals surface area contributed by atoms with Crippen LogP contribution in [0.4, 0.5) is 9.59 Å². The summed E-state index contributed by atoms with van der Waals surface area (Å²) < 4.78 is 4.77. The third kappa shape index (κ3) is 7.74. The smallest absolute Gasteiger partial charge is 0.407 e. The number of benzene rings is 2. The van der Waals surface area contributed by atoms with Gasteiger partial charge in [0.25, 0.3) is 0 Å². The van der Waals surface area contributed by atoms with Crippen LogP contribution in [-0.4, -0.2) is 101 Å². The highest BCUT2D eigenvalue weighted by atomic mass is 16.5. The van der Waals surface area contributed by atoms with E-state index in [0.29, 0.717) is 36.0 Å². The Morgan fingerprint density at radius 3 is 1.58 bits per heavy atom. The summed E-state index contributed by atoms with van der Waals surface area (Å²) in [6, 6.07) is 14.5. The second-order valence-electron chi connectivity index (χ2n) is 16.1. The zero-order valence-corrected chi connectivity index (χ0v) is 33.7. The first kappa shape index (κ1) is 39.3. The van der Waals surface area contributed by atoms with Crippen molar-refractivity contribution < 1.29 is 29.0 Å². The first-order valence-electron chi connectivity index (χ1n) is 20.1. The Morgan fingerprint density at radius 2 is 1.15 bits per heavy atom. The fourth-order valence-electron chi connectivity index (χ4n) is 8.41. The number of imidazole rings is 2. The predicted octanol–water partition coefficient (Wildman–Crippen LogP) is 6.72. The molecule has 0 unspecified atom stereocenters. The highest BCUT2D eigenvalue weighted by molar-refractivity contribution is 5.93. The fourth-order valence-corrected chi connectivity index (χ4v) is 8.41. The van der Waals surface area contributed by atoms with Gasteiger partial charge in [0.15, 0.2) is 11.3 Å². The lowest BCUT2D eigenvalue weighted by Gasteiger charge is -2.29. The van der Waals surface area contributed by atoms with E-state index in [0.717, 1.165) is 69.7 Å². The molecule has 2 aliphatic heterocycles. The largest absolute Gasteiger partial charge is 0.465 e. The van der Waals surface area contributed by atoms with E-state index in [1.54, 1.807) is 16.0 Å². The molecule has 6 heterocycles. The number of nitrogens with one attached hydrogen (secondary N) is 4. The van der Waals surface area contributed by atoms with E-state index in [1.165, 1.54) is 7.11 Å². The van der Waals surface area contributed by atoms with Crippen LogP contribution in [-0.2, 0) is 14.3 Å². The Kier molecular flexibility index (Phi) is 10.6. The monoisotopic (exact) mass is 800 g/mol. The average molecular weight is 801 g/mol. The number of aromatic nitrogens is 6. The van der Waals surface area contributed by atoms with Gasteiger partial charge < -0.3 is 40.2 Å². The van der Waals surface area contributed by atoms with E-state index >= 15 is 0 Å². The number of amides is 4. The molecule has 2 fully saturated rings. The summed E-state index contributed by atoms with van der Waals surface area (Å²) in [5, 5.41) is 16.5. The van der Waals surface area contributed by atoms with E-state index in [1.807, 2.05) is 46.0 Å². The Bertz CT molecular complexity index is 2580. The summed E-state index contributed by atoms with van der Waals surface area (Å²) in [5.74, 6) is 0.562. The van der Waals surface area contributed by atoms with Crippen LogP contribution in [0.1, 0.15) is 77.1 Å². The van der Waals surface area contributed by atoms with E-state index in [9.17, 15) is 24.3 Å². The molecule has 16 nitrogen and oxygen atoms in total. The molecule has 0 bridgehead atoms. The lowest BCUT2D eigenvalue weighted by Crippen LogP contribution is -2.51. The number of aromatic amines is 2. The van der Waals surface area contributed by atoms with Crippen LogP contribution < -0.4 is 10.6 Å². The van der Waals surface area contributed by atoms with Crippen molar-refractivity contribution >= 4 is 57.1 Å². The molecule has 4 amide bonds. The quantitative estimate of drug-likeness (QED) is 0.0988. The van der Waals surface area contributed by atoms with Gasteiger partial charge in [-0.3, -0.25) is 9.59 Å². The summed E-state index contributed by atoms with van der Waals surface area (Å²) in [6.45, 7) is 8.53. The van der Waals surface area contributed by atoms with Crippen LogP contribution in [0, 0.1) is 11.8 Å². The number of hydrogen-bond acceptors (Lipinski definition) is 9. The van der Waals surface area contributed by atoms with Gasteiger partial charge in [0.2, 0.25) is 11.8 Å². The second kappa shape index (κ2) is 16.0. The topological polar surface area (TPSA) is 211 Å². The molecule has 0 saturated carbocycles. The van der Waals surface area contributed by atoms with Gasteiger partial charge in [-0.25, -0.2) is 29.5 Å². The standard InChI is InChI=1S/C43H48N10O6/c1-22(2)34(48-42(56)57)40(54)52-14-6-8-32(52)38-46-30-18-28(20-44-36(30)50-38)26-12-10-25-17-27(13-11-24(25)16-26)29-19-31-37(45-21-29)51-39(47-31)33-9-7-15-53(33)41(55)35(23(3)4)49-43(58)59-5/h10-13,16-23,32-35,48H,6-9,14-15H2,1-5H3,(H,49,58)(H,56,57)(H,44,46,50)(H,45,47,51)/t32-,33+,34+,35+/m1/s1. The highest BCUT2D eigenvalue weighted by Gasteiger charge is 2.39. The number of carbonyl (C=O) groups excluding carboxylic acids is 3. The zero-order valence-electron chi connectivity index (χ0n) is 33.7. The van der Waals surface area contributed by atoms with Crippen LogP contribution in [0.15, 0.2) is 60.9 Å². The number of fused-ring (bicyclic) bond motifs is 3. The summed E-state index contributed by atoms with van der Waals surface area (Å²) in [7, 11) is 1.28. The maximum Gasteiger partial charge on any atom is 0.407 e. The van der Waals surface area contributed by atoms with Crippen molar-refractivity contribution in [3.8, 4) is 22.3 Å². The van der Waals surface area contributed by atoms with Gasteiger partial charge >= 0.3 is 12.2 Å². The minimum atomic E-state index is -1.22. The summed E-state index contributed by atoms with van der Waals surface area (Å²) in [5.41, 5.74) is 6.46. The van der Waals surface area contributed by atoms with Crippen LogP contribution >= 0.6 is 0 Å². The van der Waals surface area contributed by atoms with E-state index < -0.39 is 24.3 Å². The van der Waals surface area contributed by atoms with Crippen molar-refractivity contribution in [3.63, 3.8) is 0 Å². The summed E-state index contributed by atoms with van der Waals surface area (Å²) in [6.07, 6.45) is 4.83. The molecular weight excluding hydrogens is 753 g/mol. The van der Waals surface area contributed by atoms with Crippen molar-refractivity contribution in [1.82, 2.24) is 50.3 Å². The average Bonchev–Trinajstić information content (AvgIpc) is 4.05. The van der Waals surface area contributed by atoms with Gasteiger partial charge in [0.1, 0.15) is 23.7 Å². The summed E-state index contributed by atoms with van der Waals surface area (Å²) in [4.78, 5) is 79.7. The highest BCUT2D eigenvalue weighted by Crippen LogP contribution is 2.36. The molecule has 0 spiro atoms. The second-order valence-corrected chi connectivity index (χ2v) is 16.1. The van der Waals surface area contributed by atoms with Crippen molar-refractivity contribution in [1.29, 1.82) is 0 Å². The number of hydrogen-bond donors (Lipinski definition) is 5. The SMILES string of the molecule is COC(=O)N[C@H](C(=O)N1CCC[C@H]1c1nc2ncc(-c3ccc4cc(-c5cnc6nc([C@H]7CCCN7C(=O)[C@@H](NC(=O)O)C(C)C)[nH]c6c5)ccc4c3)cc2[nH]1)C(C)C. The number of rotatable bonds is 10. The number of carbonyl (C=O) groups is 4. The van der Waals surface area contributed by atoms with Gasteiger partial charge in [-0.2, -0.15) is 0 Å². The molecule has 6 aromatic rings. The number of pyridine rings is 2. The van der Waals surface area contributed by atoms with Crippen molar-refractivity contribution in [2.75, 3.05) is 20.2 Å². The molecular formula is C43H48N10O6. The molecule has 8 rings (SSSR count). The molecule has 0 aliphatic carbocycles. The molecule has 59 heavy (non-hydrogen) atoms. The fraction of sp³-hybridized carbons (Fsp3) is 0.395. The number of nitrogens with zero attached hydrogens (tertiary/aromatic N) is 6. The molecule has 16 heteroatoms. The first-order chi connectivity index (χ1) is 28.4. The maximum absolute atomic E-state index is 13.6. The molecule has 4 aromatic heterocycles. The van der Waals surface area contributed by atoms with E-state index in [2.05, 4.69) is 67.0 Å². The molecule has 5 N–H and O–H groups in total. The Morgan fingerprint density at radius 1 is 0.695 bits per heavy atom. The van der Waals surface area contributed by atoms with Crippen LogP contribution in [0.2, 0.25) is 0 Å². The molecule has 4 atom stereocenters. The molecule has 2 aromatic carbocycles. The van der Waals surface area contributed by atoms with Crippen LogP contribution in [0.25, 0.3) is 55.4 Å². The summed E-state index contributed by atoms with van der Waals surface area (Å²) >= 11 is 0. The van der Waals surface area contributed by atoms with E-state index in [4.69, 9.17) is 14.7 Å². The van der Waals surface area contributed by atoms with Crippen molar-refractivity contribution in [2.24, 2.45) is 11.8 Å². The molecule has 2 saturated heterocycles. The first-order valence-corrected chi connectivity index (χ1v) is 20.1. The van der Waals surface area contributed by atoms with Gasteiger partial charge in [-0.1, -0.05) is 52.0 Å². The van der Waals surface area contributed by atoms with Crippen molar-refractivity contribution in [3.05, 3.63) is 72.6 Å². The van der Waals surface area contributed by atoms with Crippen molar-refractivity contribution in [2.45, 2.75) is 77.5 Å². The number of alkyl carbamates (subject to hydrolysis) is 1. The number of likely N-dealkylation sites (tertiary alicyclic amines) is 2. The van der Waals surface area contributed by atoms with Crippen LogP contribution in [0.5, 0.6) is 0 Å². The number of H-pyrrole nitrogens is 2. The van der Waals surface area contributed by atoms with E-state index in [-0.39, 0.29) is 35.7 Å². The molecule has 2 aliphatic rings. The van der Waals surface area contributed by atoms with Gasteiger partial charge in [0.05, 0.1) is 30.2 Å². The molecule has 306 valence electrons. The van der Waals surface area contributed by atoms with Gasteiger partial charge in [-0.15, -0.1) is 0 Å². The minimum Gasteiger partial charge on any atom is -0.465 e. The predicted molar refractivity (Wildman–Crippen MR) is 221 cm³/mol. The normalized spacial score (nSPS) is 17.9. The maximum atomic E-state index is 13.6. The van der Waals surface area contributed by atoms with Gasteiger partial charge in [-0.05, 0) is 83.7 Å². The number of ether oxygens (including phenoxy) is 1. The minimum absolute atomic E-state index is 0.126. The number of carboxylic acid groups (broad SMARTS) is 1. The Balaban J connectivity index is 0.997. The van der Waals surface area contributed by atoms with Gasteiger partial charge in [0, 0.05) is 36.6 Å². The number of methoxy groups -OCH3 is 1. The third-order valence-corrected chi connectivity index (χ3v) is 11.5. The Hall–Kier alpha value is -6.58. The van der Waals surface area contributed by atoms with Crippen LogP contribution in [0.3, 0.4) is 0 Å². The third-order valence-electron chi connectivity index (χ3n) is 11.5. The lowest BCUT2D eigenvalue weighted by atomic mass is 9.99. The lowest BCUT2D eigenvalue weighted by molar-refractivity contribution is -0.136. The zero-order chi connectivity index (χ0) is 41.5. The Labute approximate surface area is 340 Å². The molecule has 0 radical (unpaired) electrons.